The standard InChI is InChI=1S/C18H24N4O2/c1-13-7-10-22(11-8-13)17-6-9-19-18(21-17)20-14-4-5-15(23-2)16(12-14)24-3/h4-6,9,12-13H,7-8,10-11H2,1-3H3,(H,19,20,21). The first-order valence-corrected chi connectivity index (χ1v) is 8.26. The van der Waals surface area contributed by atoms with Crippen molar-refractivity contribution in [2.24, 2.45) is 5.92 Å². The predicted octanol–water partition coefficient (Wildman–Crippen LogP) is 3.47. The number of nitrogens with one attached hydrogen (secondary N) is 1. The molecule has 3 rings (SSSR count). The molecule has 0 amide bonds. The first kappa shape index (κ1) is 16.4. The Kier molecular flexibility index (Phi) is 5.03. The molecule has 2 heterocycles. The molecule has 0 spiro atoms. The van der Waals surface area contributed by atoms with Gasteiger partial charge in [-0.05, 0) is 37.0 Å². The van der Waals surface area contributed by atoms with Crippen LogP contribution in [0.2, 0.25) is 0 Å². The Labute approximate surface area is 142 Å². The Hall–Kier alpha value is -2.50. The summed E-state index contributed by atoms with van der Waals surface area (Å²) < 4.78 is 10.6. The van der Waals surface area contributed by atoms with Gasteiger partial charge in [-0.2, -0.15) is 4.98 Å². The lowest BCUT2D eigenvalue weighted by Crippen LogP contribution is -2.33. The summed E-state index contributed by atoms with van der Waals surface area (Å²) in [6, 6.07) is 7.62. The average Bonchev–Trinajstić information content (AvgIpc) is 2.62. The number of nitrogens with zero attached hydrogens (tertiary/aromatic N) is 3. The fourth-order valence-electron chi connectivity index (χ4n) is 2.87. The lowest BCUT2D eigenvalue weighted by molar-refractivity contribution is 0.355. The van der Waals surface area contributed by atoms with Crippen molar-refractivity contribution in [3.05, 3.63) is 30.5 Å². The van der Waals surface area contributed by atoms with Gasteiger partial charge in [0.15, 0.2) is 11.5 Å². The molecule has 24 heavy (non-hydrogen) atoms. The maximum atomic E-state index is 5.33. The first-order chi connectivity index (χ1) is 11.7. The summed E-state index contributed by atoms with van der Waals surface area (Å²) >= 11 is 0. The van der Waals surface area contributed by atoms with Gasteiger partial charge in [0.25, 0.3) is 0 Å². The fraction of sp³-hybridized carbons (Fsp3) is 0.444. The van der Waals surface area contributed by atoms with Crippen LogP contribution in [0.4, 0.5) is 17.5 Å². The highest BCUT2D eigenvalue weighted by Gasteiger charge is 2.17. The van der Waals surface area contributed by atoms with Crippen LogP contribution >= 0.6 is 0 Å². The molecular formula is C18H24N4O2. The molecule has 6 heteroatoms. The Morgan fingerprint density at radius 1 is 1.08 bits per heavy atom. The molecule has 0 radical (unpaired) electrons. The number of anilines is 3. The average molecular weight is 328 g/mol. The third-order valence-electron chi connectivity index (χ3n) is 4.39. The maximum Gasteiger partial charge on any atom is 0.229 e. The predicted molar refractivity (Wildman–Crippen MR) is 95.5 cm³/mol. The third-order valence-corrected chi connectivity index (χ3v) is 4.39. The van der Waals surface area contributed by atoms with Crippen LogP contribution in [0.25, 0.3) is 0 Å². The highest BCUT2D eigenvalue weighted by molar-refractivity contribution is 5.60. The van der Waals surface area contributed by atoms with Gasteiger partial charge in [0.2, 0.25) is 5.95 Å². The van der Waals surface area contributed by atoms with Crippen LogP contribution < -0.4 is 19.7 Å². The van der Waals surface area contributed by atoms with Gasteiger partial charge in [-0.15, -0.1) is 0 Å². The second kappa shape index (κ2) is 7.38. The van der Waals surface area contributed by atoms with Gasteiger partial charge < -0.3 is 19.7 Å². The summed E-state index contributed by atoms with van der Waals surface area (Å²) in [5.41, 5.74) is 0.858. The number of aromatic nitrogens is 2. The smallest absolute Gasteiger partial charge is 0.229 e. The van der Waals surface area contributed by atoms with E-state index in [0.29, 0.717) is 17.4 Å². The molecule has 1 aliphatic heterocycles. The van der Waals surface area contributed by atoms with Crippen molar-refractivity contribution in [3.8, 4) is 11.5 Å². The molecule has 0 aliphatic carbocycles. The SMILES string of the molecule is COc1ccc(Nc2nccc(N3CCC(C)CC3)n2)cc1OC. The molecule has 1 aliphatic rings. The molecule has 1 saturated heterocycles. The van der Waals surface area contributed by atoms with Gasteiger partial charge in [-0.1, -0.05) is 6.92 Å². The first-order valence-electron chi connectivity index (χ1n) is 8.26. The van der Waals surface area contributed by atoms with Crippen molar-refractivity contribution in [1.29, 1.82) is 0 Å². The Morgan fingerprint density at radius 3 is 2.54 bits per heavy atom. The molecule has 1 N–H and O–H groups in total. The number of benzene rings is 1. The zero-order valence-corrected chi connectivity index (χ0v) is 14.5. The summed E-state index contributed by atoms with van der Waals surface area (Å²) in [6.45, 7) is 4.41. The van der Waals surface area contributed by atoms with Crippen LogP contribution in [0.1, 0.15) is 19.8 Å². The van der Waals surface area contributed by atoms with Gasteiger partial charge in [-0.3, -0.25) is 0 Å². The van der Waals surface area contributed by atoms with E-state index in [2.05, 4.69) is 27.1 Å². The van der Waals surface area contributed by atoms with E-state index in [1.807, 2.05) is 24.3 Å². The van der Waals surface area contributed by atoms with Gasteiger partial charge in [0.05, 0.1) is 14.2 Å². The van der Waals surface area contributed by atoms with Crippen molar-refractivity contribution in [1.82, 2.24) is 9.97 Å². The van der Waals surface area contributed by atoms with Crippen molar-refractivity contribution in [3.63, 3.8) is 0 Å². The van der Waals surface area contributed by atoms with Crippen LogP contribution in [0.15, 0.2) is 30.5 Å². The third kappa shape index (κ3) is 3.69. The lowest BCUT2D eigenvalue weighted by Gasteiger charge is -2.31. The molecule has 0 atom stereocenters. The molecule has 0 unspecified atom stereocenters. The van der Waals surface area contributed by atoms with E-state index < -0.39 is 0 Å². The zero-order chi connectivity index (χ0) is 16.9. The van der Waals surface area contributed by atoms with E-state index in [0.717, 1.165) is 30.5 Å². The van der Waals surface area contributed by atoms with Crippen molar-refractivity contribution in [2.45, 2.75) is 19.8 Å². The monoisotopic (exact) mass is 328 g/mol. The second-order valence-electron chi connectivity index (χ2n) is 6.10. The topological polar surface area (TPSA) is 59.5 Å². The van der Waals surface area contributed by atoms with Crippen LogP contribution in [0, 0.1) is 5.92 Å². The highest BCUT2D eigenvalue weighted by atomic mass is 16.5. The fourth-order valence-corrected chi connectivity index (χ4v) is 2.87. The normalized spacial score (nSPS) is 15.2. The molecule has 1 aromatic carbocycles. The molecule has 2 aromatic rings. The Morgan fingerprint density at radius 2 is 1.83 bits per heavy atom. The second-order valence-corrected chi connectivity index (χ2v) is 6.10. The van der Waals surface area contributed by atoms with E-state index in [1.54, 1.807) is 20.4 Å². The van der Waals surface area contributed by atoms with Crippen LogP contribution in [-0.4, -0.2) is 37.3 Å². The minimum absolute atomic E-state index is 0.582. The zero-order valence-electron chi connectivity index (χ0n) is 14.5. The van der Waals surface area contributed by atoms with Crippen LogP contribution in [0.5, 0.6) is 11.5 Å². The van der Waals surface area contributed by atoms with Crippen molar-refractivity contribution in [2.75, 3.05) is 37.5 Å². The van der Waals surface area contributed by atoms with Crippen molar-refractivity contribution >= 4 is 17.5 Å². The molecule has 1 fully saturated rings. The number of hydrogen-bond donors (Lipinski definition) is 1. The Balaban J connectivity index is 1.75. The number of rotatable bonds is 5. The largest absolute Gasteiger partial charge is 0.493 e. The minimum atomic E-state index is 0.582. The molecule has 0 saturated carbocycles. The van der Waals surface area contributed by atoms with Gasteiger partial charge in [-0.25, -0.2) is 4.98 Å². The van der Waals surface area contributed by atoms with Gasteiger partial charge in [0.1, 0.15) is 5.82 Å². The van der Waals surface area contributed by atoms with E-state index in [4.69, 9.17) is 9.47 Å². The maximum absolute atomic E-state index is 5.33. The van der Waals surface area contributed by atoms with E-state index in [1.165, 1.54) is 12.8 Å². The van der Waals surface area contributed by atoms with Crippen molar-refractivity contribution < 1.29 is 9.47 Å². The highest BCUT2D eigenvalue weighted by Crippen LogP contribution is 2.31. The molecule has 128 valence electrons. The minimum Gasteiger partial charge on any atom is -0.493 e. The quantitative estimate of drug-likeness (QED) is 0.907. The summed E-state index contributed by atoms with van der Waals surface area (Å²) in [5, 5.41) is 3.23. The molecular weight excluding hydrogens is 304 g/mol. The number of methoxy groups -OCH3 is 2. The van der Waals surface area contributed by atoms with Crippen LogP contribution in [-0.2, 0) is 0 Å². The van der Waals surface area contributed by atoms with Crippen LogP contribution in [0.3, 0.4) is 0 Å². The lowest BCUT2D eigenvalue weighted by atomic mass is 9.99. The van der Waals surface area contributed by atoms with E-state index in [9.17, 15) is 0 Å². The number of piperidine rings is 1. The summed E-state index contributed by atoms with van der Waals surface area (Å²) in [4.78, 5) is 11.3. The molecule has 0 bridgehead atoms. The number of hydrogen-bond acceptors (Lipinski definition) is 6. The molecule has 1 aromatic heterocycles. The number of ether oxygens (including phenoxy) is 2. The summed E-state index contributed by atoms with van der Waals surface area (Å²) in [6.07, 6.45) is 4.22. The molecule has 6 nitrogen and oxygen atoms in total. The summed E-state index contributed by atoms with van der Waals surface area (Å²) in [5.74, 6) is 3.72. The Bertz CT molecular complexity index is 684. The summed E-state index contributed by atoms with van der Waals surface area (Å²) in [7, 11) is 3.24. The van der Waals surface area contributed by atoms with E-state index in [-0.39, 0.29) is 0 Å². The van der Waals surface area contributed by atoms with Gasteiger partial charge >= 0.3 is 0 Å². The van der Waals surface area contributed by atoms with E-state index >= 15 is 0 Å². The van der Waals surface area contributed by atoms with Gasteiger partial charge in [0, 0.05) is 31.0 Å².